The molecule has 0 aliphatic rings. The van der Waals surface area contributed by atoms with Gasteiger partial charge in [0.1, 0.15) is 11.6 Å². The number of alkyl carbamates (subject to hydrolysis) is 1. The Hall–Kier alpha value is -3.42. The Bertz CT molecular complexity index is 845. The van der Waals surface area contributed by atoms with E-state index in [9.17, 15) is 19.7 Å². The van der Waals surface area contributed by atoms with Crippen molar-refractivity contribution in [2.45, 2.75) is 45.4 Å². The molecule has 8 nitrogen and oxygen atoms in total. The maximum atomic E-state index is 12.7. The number of nitrogens with zero attached hydrogens (tertiary/aromatic N) is 1. The lowest BCUT2D eigenvalue weighted by Gasteiger charge is -2.23. The summed E-state index contributed by atoms with van der Waals surface area (Å²) in [5.74, 6) is -0.377. The van der Waals surface area contributed by atoms with Gasteiger partial charge in [0.05, 0.1) is 4.92 Å². The predicted octanol–water partition coefficient (Wildman–Crippen LogP) is 3.35. The summed E-state index contributed by atoms with van der Waals surface area (Å²) in [6.07, 6.45) is -0.544. The highest BCUT2D eigenvalue weighted by Crippen LogP contribution is 2.14. The van der Waals surface area contributed by atoms with E-state index in [1.165, 1.54) is 12.1 Å². The Morgan fingerprint density at radius 3 is 2.21 bits per heavy atom. The van der Waals surface area contributed by atoms with Crippen molar-refractivity contribution in [3.63, 3.8) is 0 Å². The summed E-state index contributed by atoms with van der Waals surface area (Å²) in [6, 6.07) is 14.3. The summed E-state index contributed by atoms with van der Waals surface area (Å²) in [6.45, 7) is 5.50. The standard InChI is InChI=1S/C21H25N3O5/c1-21(2,3)29-20(26)23-18(13-15-9-11-17(12-10-15)24(27)28)19(25)22-14-16-7-5-4-6-8-16/h4-12,18H,13-14H2,1-3H3,(H,22,25)(H,23,26)/t18-/m1/s1. The number of rotatable bonds is 7. The van der Waals surface area contributed by atoms with Crippen LogP contribution in [-0.2, 0) is 22.5 Å². The van der Waals surface area contributed by atoms with Crippen LogP contribution in [0.2, 0.25) is 0 Å². The van der Waals surface area contributed by atoms with Crippen LogP contribution >= 0.6 is 0 Å². The van der Waals surface area contributed by atoms with Crippen LogP contribution in [-0.4, -0.2) is 28.6 Å². The van der Waals surface area contributed by atoms with Gasteiger partial charge in [0.15, 0.2) is 0 Å². The van der Waals surface area contributed by atoms with Crippen LogP contribution < -0.4 is 10.6 Å². The van der Waals surface area contributed by atoms with Crippen LogP contribution in [0.25, 0.3) is 0 Å². The molecule has 0 aliphatic carbocycles. The molecule has 2 aromatic carbocycles. The highest BCUT2D eigenvalue weighted by molar-refractivity contribution is 5.86. The minimum Gasteiger partial charge on any atom is -0.444 e. The van der Waals surface area contributed by atoms with E-state index in [-0.39, 0.29) is 18.0 Å². The van der Waals surface area contributed by atoms with Gasteiger partial charge in [-0.25, -0.2) is 4.79 Å². The minimum absolute atomic E-state index is 0.0427. The number of nitro benzene ring substituents is 1. The maximum Gasteiger partial charge on any atom is 0.408 e. The van der Waals surface area contributed by atoms with E-state index in [0.29, 0.717) is 12.1 Å². The molecule has 0 saturated carbocycles. The predicted molar refractivity (Wildman–Crippen MR) is 108 cm³/mol. The SMILES string of the molecule is CC(C)(C)OC(=O)N[C@H](Cc1ccc([N+](=O)[O-])cc1)C(=O)NCc1ccccc1. The van der Waals surface area contributed by atoms with Crippen LogP contribution in [0.15, 0.2) is 54.6 Å². The molecule has 2 rings (SSSR count). The summed E-state index contributed by atoms with van der Waals surface area (Å²) >= 11 is 0. The fourth-order valence-corrected chi connectivity index (χ4v) is 2.56. The van der Waals surface area contributed by atoms with Gasteiger partial charge in [-0.05, 0) is 31.9 Å². The van der Waals surface area contributed by atoms with E-state index in [1.54, 1.807) is 32.9 Å². The van der Waals surface area contributed by atoms with Crippen molar-refractivity contribution >= 4 is 17.7 Å². The van der Waals surface area contributed by atoms with Crippen molar-refractivity contribution in [2.75, 3.05) is 0 Å². The molecular formula is C21H25N3O5. The van der Waals surface area contributed by atoms with Crippen LogP contribution in [0.3, 0.4) is 0 Å². The van der Waals surface area contributed by atoms with Gasteiger partial charge in [-0.1, -0.05) is 42.5 Å². The molecule has 29 heavy (non-hydrogen) atoms. The number of carbonyl (C=O) groups excluding carboxylic acids is 2. The molecule has 2 aromatic rings. The van der Waals surface area contributed by atoms with E-state index < -0.39 is 22.7 Å². The molecule has 0 fully saturated rings. The highest BCUT2D eigenvalue weighted by Gasteiger charge is 2.24. The quantitative estimate of drug-likeness (QED) is 0.548. The zero-order valence-electron chi connectivity index (χ0n) is 16.7. The third kappa shape index (κ3) is 7.61. The molecule has 154 valence electrons. The Morgan fingerprint density at radius 2 is 1.66 bits per heavy atom. The molecular weight excluding hydrogens is 374 g/mol. The zero-order valence-corrected chi connectivity index (χ0v) is 16.7. The van der Waals surface area contributed by atoms with Crippen LogP contribution in [0.1, 0.15) is 31.9 Å². The number of benzene rings is 2. The van der Waals surface area contributed by atoms with Crippen LogP contribution in [0.4, 0.5) is 10.5 Å². The first kappa shape index (κ1) is 21.9. The van der Waals surface area contributed by atoms with E-state index in [0.717, 1.165) is 5.56 Å². The molecule has 1 atom stereocenters. The Balaban J connectivity index is 2.09. The normalized spacial score (nSPS) is 12.0. The number of ether oxygens (including phenoxy) is 1. The average Bonchev–Trinajstić information content (AvgIpc) is 2.65. The fraction of sp³-hybridized carbons (Fsp3) is 0.333. The first-order chi connectivity index (χ1) is 13.6. The molecule has 0 saturated heterocycles. The average molecular weight is 399 g/mol. The molecule has 2 amide bonds. The second kappa shape index (κ2) is 9.68. The van der Waals surface area contributed by atoms with E-state index >= 15 is 0 Å². The van der Waals surface area contributed by atoms with E-state index in [4.69, 9.17) is 4.74 Å². The summed E-state index contributed by atoms with van der Waals surface area (Å²) in [7, 11) is 0. The third-order valence-corrected chi connectivity index (χ3v) is 3.90. The molecule has 0 bridgehead atoms. The number of hydrogen-bond acceptors (Lipinski definition) is 5. The Kier molecular flexibility index (Phi) is 7.30. The first-order valence-electron chi connectivity index (χ1n) is 9.18. The number of hydrogen-bond donors (Lipinski definition) is 2. The van der Waals surface area contributed by atoms with Gasteiger partial charge in [-0.3, -0.25) is 14.9 Å². The molecule has 0 aromatic heterocycles. The second-order valence-corrected chi connectivity index (χ2v) is 7.53. The van der Waals surface area contributed by atoms with Crippen molar-refractivity contribution in [3.8, 4) is 0 Å². The molecule has 0 unspecified atom stereocenters. The number of amides is 2. The summed E-state index contributed by atoms with van der Waals surface area (Å²) in [5, 5.41) is 16.2. The molecule has 0 radical (unpaired) electrons. The van der Waals surface area contributed by atoms with Gasteiger partial charge in [0.25, 0.3) is 5.69 Å². The summed E-state index contributed by atoms with van der Waals surface area (Å²) < 4.78 is 5.25. The van der Waals surface area contributed by atoms with Crippen LogP contribution in [0.5, 0.6) is 0 Å². The van der Waals surface area contributed by atoms with Gasteiger partial charge in [-0.2, -0.15) is 0 Å². The van der Waals surface area contributed by atoms with Gasteiger partial charge < -0.3 is 15.4 Å². The van der Waals surface area contributed by atoms with Gasteiger partial charge >= 0.3 is 6.09 Å². The van der Waals surface area contributed by atoms with Crippen LogP contribution in [0, 0.1) is 10.1 Å². The van der Waals surface area contributed by atoms with Crippen molar-refractivity contribution in [1.82, 2.24) is 10.6 Å². The van der Waals surface area contributed by atoms with Crippen molar-refractivity contribution in [1.29, 1.82) is 0 Å². The van der Waals surface area contributed by atoms with E-state index in [2.05, 4.69) is 10.6 Å². The lowest BCUT2D eigenvalue weighted by molar-refractivity contribution is -0.384. The molecule has 0 aliphatic heterocycles. The first-order valence-corrected chi connectivity index (χ1v) is 9.18. The summed E-state index contributed by atoms with van der Waals surface area (Å²) in [4.78, 5) is 35.2. The number of nitro groups is 1. The maximum absolute atomic E-state index is 12.7. The summed E-state index contributed by atoms with van der Waals surface area (Å²) in [5.41, 5.74) is 0.848. The molecule has 0 spiro atoms. The minimum atomic E-state index is -0.894. The second-order valence-electron chi connectivity index (χ2n) is 7.53. The number of non-ortho nitro benzene ring substituents is 1. The van der Waals surface area contributed by atoms with Crippen molar-refractivity contribution < 1.29 is 19.2 Å². The molecule has 8 heteroatoms. The monoisotopic (exact) mass is 399 g/mol. The van der Waals surface area contributed by atoms with Gasteiger partial charge in [0.2, 0.25) is 5.91 Å². The number of nitrogens with one attached hydrogen (secondary N) is 2. The Morgan fingerprint density at radius 1 is 1.03 bits per heavy atom. The Labute approximate surface area is 169 Å². The van der Waals surface area contributed by atoms with E-state index in [1.807, 2.05) is 30.3 Å². The topological polar surface area (TPSA) is 111 Å². The smallest absolute Gasteiger partial charge is 0.408 e. The van der Waals surface area contributed by atoms with Crippen molar-refractivity contribution in [2.24, 2.45) is 0 Å². The highest BCUT2D eigenvalue weighted by atomic mass is 16.6. The third-order valence-electron chi connectivity index (χ3n) is 3.90. The molecule has 0 heterocycles. The van der Waals surface area contributed by atoms with Gasteiger partial charge in [-0.15, -0.1) is 0 Å². The lowest BCUT2D eigenvalue weighted by atomic mass is 10.0. The molecule has 2 N–H and O–H groups in total. The lowest BCUT2D eigenvalue weighted by Crippen LogP contribution is -2.49. The fourth-order valence-electron chi connectivity index (χ4n) is 2.56. The zero-order chi connectivity index (χ0) is 21.4. The van der Waals surface area contributed by atoms with Gasteiger partial charge in [0, 0.05) is 25.1 Å². The van der Waals surface area contributed by atoms with Crippen molar-refractivity contribution in [3.05, 3.63) is 75.8 Å². The number of carbonyl (C=O) groups is 2. The largest absolute Gasteiger partial charge is 0.444 e.